The van der Waals surface area contributed by atoms with Crippen LogP contribution in [0.1, 0.15) is 39.7 Å². The van der Waals surface area contributed by atoms with E-state index in [1.165, 1.54) is 0 Å². The van der Waals surface area contributed by atoms with Gasteiger partial charge in [-0.25, -0.2) is 8.78 Å². The second kappa shape index (κ2) is 7.52. The summed E-state index contributed by atoms with van der Waals surface area (Å²) in [7, 11) is 0. The Hall–Kier alpha value is -1.95. The average Bonchev–Trinajstić information content (AvgIpc) is 2.53. The number of hydrogen-bond donors (Lipinski definition) is 2. The van der Waals surface area contributed by atoms with Crippen LogP contribution in [-0.2, 0) is 10.3 Å². The van der Waals surface area contributed by atoms with Crippen molar-refractivity contribution in [3.05, 3.63) is 53.7 Å². The number of pyridine rings is 1. The van der Waals surface area contributed by atoms with Gasteiger partial charge in [-0.3, -0.25) is 4.98 Å². The average molecular weight is 351 g/mol. The first-order valence-electron chi connectivity index (χ1n) is 8.45. The molecular weight excluding hydrogens is 324 g/mol. The van der Waals surface area contributed by atoms with Crippen LogP contribution in [0.3, 0.4) is 0 Å². The van der Waals surface area contributed by atoms with E-state index in [0.29, 0.717) is 5.92 Å². The zero-order valence-electron chi connectivity index (χ0n) is 15.2. The van der Waals surface area contributed by atoms with Crippen molar-refractivity contribution < 1.29 is 13.5 Å². The van der Waals surface area contributed by atoms with Crippen LogP contribution in [0.2, 0.25) is 0 Å². The number of rotatable bonds is 7. The van der Waals surface area contributed by atoms with Crippen LogP contribution in [-0.4, -0.2) is 23.6 Å². The predicted molar refractivity (Wildman–Crippen MR) is 94.9 cm³/mol. The molecule has 0 radical (unpaired) electrons. The minimum atomic E-state index is -2.67. The number of ether oxygens (including phenoxy) is 1. The van der Waals surface area contributed by atoms with Crippen molar-refractivity contribution in [2.45, 2.75) is 51.6 Å². The fraction of sp³-hybridized carbons (Fsp3) is 0.526. The number of nitrogens with one attached hydrogen (secondary N) is 1. The number of nitrogens with two attached hydrogens (primary N) is 1. The molecular formula is C19H27F2N3O. The lowest BCUT2D eigenvalue weighted by Crippen LogP contribution is -2.44. The van der Waals surface area contributed by atoms with Crippen molar-refractivity contribution in [2.75, 3.05) is 6.61 Å². The first-order chi connectivity index (χ1) is 11.6. The topological polar surface area (TPSA) is 60.2 Å². The van der Waals surface area contributed by atoms with Gasteiger partial charge in [-0.05, 0) is 50.0 Å². The third kappa shape index (κ3) is 5.01. The van der Waals surface area contributed by atoms with Crippen LogP contribution in [0.5, 0.6) is 0 Å². The van der Waals surface area contributed by atoms with Crippen molar-refractivity contribution in [3.8, 4) is 0 Å². The Kier molecular flexibility index (Phi) is 5.83. The van der Waals surface area contributed by atoms with Crippen LogP contribution in [0.25, 0.3) is 0 Å². The van der Waals surface area contributed by atoms with Gasteiger partial charge in [0.2, 0.25) is 0 Å². The molecule has 0 spiro atoms. The summed E-state index contributed by atoms with van der Waals surface area (Å²) in [5.74, 6) is 0.541. The van der Waals surface area contributed by atoms with E-state index in [9.17, 15) is 8.78 Å². The Bertz CT molecular complexity index is 641. The molecule has 6 heteroatoms. The summed E-state index contributed by atoms with van der Waals surface area (Å²) in [5.41, 5.74) is 5.52. The van der Waals surface area contributed by atoms with Crippen molar-refractivity contribution >= 4 is 0 Å². The van der Waals surface area contributed by atoms with Crippen LogP contribution in [0.4, 0.5) is 8.78 Å². The molecule has 2 atom stereocenters. The summed E-state index contributed by atoms with van der Waals surface area (Å²) in [5, 5.41) is 2.92. The smallest absolute Gasteiger partial charge is 0.281 e. The lowest BCUT2D eigenvalue weighted by Gasteiger charge is -2.35. The summed E-state index contributed by atoms with van der Waals surface area (Å²) >= 11 is 0. The van der Waals surface area contributed by atoms with Crippen LogP contribution in [0, 0.1) is 5.92 Å². The molecule has 0 amide bonds. The molecule has 0 bridgehead atoms. The van der Waals surface area contributed by atoms with Crippen molar-refractivity contribution in [3.63, 3.8) is 0 Å². The normalized spacial score (nSPS) is 22.9. The highest BCUT2D eigenvalue weighted by Gasteiger charge is 2.33. The number of alkyl halides is 2. The van der Waals surface area contributed by atoms with Gasteiger partial charge in [0.1, 0.15) is 18.1 Å². The van der Waals surface area contributed by atoms with Crippen LogP contribution in [0.15, 0.2) is 48.1 Å². The Morgan fingerprint density at radius 2 is 1.96 bits per heavy atom. The minimum Gasteiger partial charge on any atom is -0.490 e. The number of hydrogen-bond acceptors (Lipinski definition) is 4. The highest BCUT2D eigenvalue weighted by Crippen LogP contribution is 2.31. The van der Waals surface area contributed by atoms with Gasteiger partial charge in [0.05, 0.1) is 5.54 Å². The highest BCUT2D eigenvalue weighted by atomic mass is 19.3. The maximum atomic E-state index is 13.6. The van der Waals surface area contributed by atoms with Crippen molar-refractivity contribution in [1.82, 2.24) is 10.3 Å². The summed E-state index contributed by atoms with van der Waals surface area (Å²) in [6.07, 6.45) is 4.77. The first kappa shape index (κ1) is 19.4. The Labute approximate surface area is 148 Å². The molecule has 2 heterocycles. The van der Waals surface area contributed by atoms with Crippen molar-refractivity contribution in [2.24, 2.45) is 11.7 Å². The number of dihydropyridines is 1. The zero-order valence-corrected chi connectivity index (χ0v) is 15.2. The van der Waals surface area contributed by atoms with E-state index >= 15 is 0 Å². The maximum Gasteiger partial charge on any atom is 0.281 e. The molecule has 4 nitrogen and oxygen atoms in total. The molecule has 0 fully saturated rings. The fourth-order valence-electron chi connectivity index (χ4n) is 3.10. The molecule has 3 N–H and O–H groups in total. The number of halogens is 2. The molecule has 0 aromatic carbocycles. The predicted octanol–water partition coefficient (Wildman–Crippen LogP) is 3.71. The van der Waals surface area contributed by atoms with E-state index in [0.717, 1.165) is 12.0 Å². The van der Waals surface area contributed by atoms with E-state index in [-0.39, 0.29) is 18.1 Å². The lowest BCUT2D eigenvalue weighted by molar-refractivity contribution is 0.119. The monoisotopic (exact) mass is 351 g/mol. The van der Waals surface area contributed by atoms with E-state index < -0.39 is 17.5 Å². The van der Waals surface area contributed by atoms with E-state index in [4.69, 9.17) is 10.5 Å². The zero-order chi connectivity index (χ0) is 18.7. The standard InChI is InChI=1S/C19H27F2N3O/c1-13(2)11-18(3,22)12-25-15-5-8-19(4,24-16(15)17(20)21)14-6-9-23-10-7-14/h5-10,13,17,24H,11-12,22H2,1-4H3. The van der Waals surface area contributed by atoms with Gasteiger partial charge < -0.3 is 15.8 Å². The Morgan fingerprint density at radius 3 is 2.52 bits per heavy atom. The molecule has 1 aliphatic rings. The molecule has 1 aromatic heterocycles. The number of allylic oxidation sites excluding steroid dienone is 2. The molecule has 138 valence electrons. The third-order valence-corrected chi connectivity index (χ3v) is 4.16. The van der Waals surface area contributed by atoms with Crippen LogP contribution < -0.4 is 11.1 Å². The summed E-state index contributed by atoms with van der Waals surface area (Å²) in [4.78, 5) is 3.97. The molecule has 1 aromatic rings. The number of nitrogens with zero attached hydrogens (tertiary/aromatic N) is 1. The van der Waals surface area contributed by atoms with E-state index in [2.05, 4.69) is 24.1 Å². The van der Waals surface area contributed by atoms with Gasteiger partial charge in [-0.1, -0.05) is 19.9 Å². The molecule has 0 saturated carbocycles. The SMILES string of the molecule is CC(C)CC(C)(N)COC1=C(C(F)F)NC(C)(c2ccncc2)C=C1. The third-order valence-electron chi connectivity index (χ3n) is 4.16. The van der Waals surface area contributed by atoms with Gasteiger partial charge >= 0.3 is 0 Å². The Balaban J connectivity index is 2.18. The van der Waals surface area contributed by atoms with Gasteiger partial charge in [-0.15, -0.1) is 0 Å². The summed E-state index contributed by atoms with van der Waals surface area (Å²) < 4.78 is 32.8. The fourth-order valence-corrected chi connectivity index (χ4v) is 3.10. The molecule has 0 aliphatic carbocycles. The molecule has 1 aliphatic heterocycles. The molecule has 2 unspecified atom stereocenters. The first-order valence-corrected chi connectivity index (χ1v) is 8.45. The molecule has 0 saturated heterocycles. The second-order valence-corrected chi connectivity index (χ2v) is 7.52. The van der Waals surface area contributed by atoms with Crippen molar-refractivity contribution in [1.29, 1.82) is 0 Å². The highest BCUT2D eigenvalue weighted by molar-refractivity contribution is 5.37. The van der Waals surface area contributed by atoms with Gasteiger partial charge in [0.25, 0.3) is 6.43 Å². The largest absolute Gasteiger partial charge is 0.490 e. The Morgan fingerprint density at radius 1 is 1.32 bits per heavy atom. The molecule has 2 rings (SSSR count). The summed E-state index contributed by atoms with van der Waals surface area (Å²) in [6.45, 7) is 8.02. The second-order valence-electron chi connectivity index (χ2n) is 7.52. The van der Waals surface area contributed by atoms with Gasteiger partial charge in [0, 0.05) is 17.9 Å². The van der Waals surface area contributed by atoms with Gasteiger partial charge in [-0.2, -0.15) is 0 Å². The number of aromatic nitrogens is 1. The lowest BCUT2D eigenvalue weighted by atomic mass is 9.89. The van der Waals surface area contributed by atoms with Gasteiger partial charge in [0.15, 0.2) is 0 Å². The van der Waals surface area contributed by atoms with Crippen LogP contribution >= 0.6 is 0 Å². The summed E-state index contributed by atoms with van der Waals surface area (Å²) in [6, 6.07) is 3.59. The van der Waals surface area contributed by atoms with E-state index in [1.807, 2.05) is 19.9 Å². The quantitative estimate of drug-likeness (QED) is 0.786. The maximum absolute atomic E-state index is 13.6. The van der Waals surface area contributed by atoms with E-state index in [1.54, 1.807) is 30.6 Å². The molecule has 25 heavy (non-hydrogen) atoms. The minimum absolute atomic E-state index is 0.141.